The lowest BCUT2D eigenvalue weighted by Crippen LogP contribution is -2.51. The van der Waals surface area contributed by atoms with Crippen molar-refractivity contribution in [1.29, 1.82) is 0 Å². The number of amides is 1. The minimum atomic E-state index is -3.89. The number of sulfonamides is 1. The minimum Gasteiger partial charge on any atom is -0.338 e. The fourth-order valence-electron chi connectivity index (χ4n) is 3.53. The maximum Gasteiger partial charge on any atom is 0.326 e. The zero-order valence-electron chi connectivity index (χ0n) is 15.7. The van der Waals surface area contributed by atoms with E-state index in [9.17, 15) is 18.0 Å². The van der Waals surface area contributed by atoms with Gasteiger partial charge in [-0.25, -0.2) is 13.2 Å². The predicted molar refractivity (Wildman–Crippen MR) is 114 cm³/mol. The first kappa shape index (κ1) is 20.9. The van der Waals surface area contributed by atoms with Gasteiger partial charge in [-0.2, -0.15) is 4.31 Å². The first-order valence-corrected chi connectivity index (χ1v) is 11.4. The monoisotopic (exact) mass is 468 g/mol. The normalized spacial score (nSPS) is 15.6. The highest BCUT2D eigenvalue weighted by Gasteiger charge is 2.33. The van der Waals surface area contributed by atoms with Crippen molar-refractivity contribution in [1.82, 2.24) is 18.8 Å². The van der Waals surface area contributed by atoms with E-state index < -0.39 is 10.0 Å². The molecule has 0 bridgehead atoms. The van der Waals surface area contributed by atoms with Crippen molar-refractivity contribution in [3.63, 3.8) is 0 Å². The van der Waals surface area contributed by atoms with Crippen molar-refractivity contribution < 1.29 is 13.2 Å². The van der Waals surface area contributed by atoms with Crippen LogP contribution >= 0.6 is 23.2 Å². The number of nitrogens with zero attached hydrogens (tertiary/aromatic N) is 3. The van der Waals surface area contributed by atoms with Crippen LogP contribution in [0, 0.1) is 0 Å². The van der Waals surface area contributed by atoms with Gasteiger partial charge in [-0.05, 0) is 24.3 Å². The van der Waals surface area contributed by atoms with Crippen molar-refractivity contribution in [2.45, 2.75) is 11.4 Å². The minimum absolute atomic E-state index is 0.0553. The van der Waals surface area contributed by atoms with Crippen molar-refractivity contribution in [2.75, 3.05) is 26.2 Å². The largest absolute Gasteiger partial charge is 0.338 e. The third kappa shape index (κ3) is 3.74. The summed E-state index contributed by atoms with van der Waals surface area (Å²) < 4.78 is 28.6. The molecule has 11 heteroatoms. The Labute approximate surface area is 182 Å². The molecule has 0 saturated carbocycles. The second-order valence-electron chi connectivity index (χ2n) is 6.87. The van der Waals surface area contributed by atoms with Gasteiger partial charge in [0.1, 0.15) is 11.4 Å². The average Bonchev–Trinajstić information content (AvgIpc) is 3.03. The van der Waals surface area contributed by atoms with Gasteiger partial charge in [0.05, 0.1) is 21.1 Å². The van der Waals surface area contributed by atoms with Crippen molar-refractivity contribution in [2.24, 2.45) is 0 Å². The molecule has 0 aliphatic carbocycles. The number of rotatable bonds is 4. The van der Waals surface area contributed by atoms with E-state index >= 15 is 0 Å². The number of aromatic amines is 1. The zero-order chi connectivity index (χ0) is 21.5. The number of para-hydroxylation sites is 2. The maximum absolute atomic E-state index is 13.0. The zero-order valence-corrected chi connectivity index (χ0v) is 18.0. The van der Waals surface area contributed by atoms with E-state index in [1.165, 1.54) is 21.0 Å². The van der Waals surface area contributed by atoms with Gasteiger partial charge in [0, 0.05) is 26.2 Å². The number of carbonyl (C=O) groups excluding carboxylic acids is 1. The molecule has 1 N–H and O–H groups in total. The van der Waals surface area contributed by atoms with Gasteiger partial charge in [-0.3, -0.25) is 9.36 Å². The number of imidazole rings is 1. The third-order valence-corrected chi connectivity index (χ3v) is 7.94. The molecule has 1 fully saturated rings. The highest BCUT2D eigenvalue weighted by Crippen LogP contribution is 2.31. The molecule has 1 aliphatic rings. The molecule has 158 valence electrons. The standard InChI is InChI=1S/C19H18Cl2N4O4S/c20-13-4-3-5-14(21)18(13)30(28,29)24-10-8-23(9-11-24)17(26)12-25-16-7-2-1-6-15(16)22-19(25)27/h1-7H,8-12H2,(H,22,27). The first-order valence-electron chi connectivity index (χ1n) is 9.18. The van der Waals surface area contributed by atoms with E-state index in [4.69, 9.17) is 23.2 Å². The van der Waals surface area contributed by atoms with Crippen LogP contribution in [0.25, 0.3) is 11.0 Å². The molecule has 4 rings (SSSR count). The van der Waals surface area contributed by atoms with E-state index in [2.05, 4.69) is 4.98 Å². The Hall–Kier alpha value is -2.33. The van der Waals surface area contributed by atoms with Gasteiger partial charge in [0.25, 0.3) is 0 Å². The lowest BCUT2D eigenvalue weighted by Gasteiger charge is -2.34. The number of piperazine rings is 1. The third-order valence-electron chi connectivity index (χ3n) is 5.08. The Kier molecular flexibility index (Phi) is 5.63. The van der Waals surface area contributed by atoms with Crippen LogP contribution in [0.5, 0.6) is 0 Å². The first-order chi connectivity index (χ1) is 14.3. The molecule has 8 nitrogen and oxygen atoms in total. The van der Waals surface area contributed by atoms with Crippen LogP contribution in [0.15, 0.2) is 52.2 Å². The molecule has 1 aliphatic heterocycles. The SMILES string of the molecule is O=C(Cn1c(=O)[nH]c2ccccc21)N1CCN(S(=O)(=O)c2c(Cl)cccc2Cl)CC1. The van der Waals surface area contributed by atoms with E-state index in [-0.39, 0.29) is 59.3 Å². The number of benzene rings is 2. The van der Waals surface area contributed by atoms with Crippen molar-refractivity contribution in [3.8, 4) is 0 Å². The van der Waals surface area contributed by atoms with Crippen LogP contribution in [0.2, 0.25) is 10.0 Å². The van der Waals surface area contributed by atoms with E-state index in [0.717, 1.165) is 0 Å². The molecule has 2 heterocycles. The number of H-pyrrole nitrogens is 1. The highest BCUT2D eigenvalue weighted by atomic mass is 35.5. The summed E-state index contributed by atoms with van der Waals surface area (Å²) in [4.78, 5) is 29.1. The molecule has 0 unspecified atom stereocenters. The number of hydrogen-bond donors (Lipinski definition) is 1. The number of halogens is 2. The molecule has 1 amide bonds. The molecular formula is C19H18Cl2N4O4S. The second-order valence-corrected chi connectivity index (χ2v) is 9.56. The second kappa shape index (κ2) is 8.07. The number of nitrogens with one attached hydrogen (secondary N) is 1. The quantitative estimate of drug-likeness (QED) is 0.634. The summed E-state index contributed by atoms with van der Waals surface area (Å²) in [6.07, 6.45) is 0. The van der Waals surface area contributed by atoms with Crippen molar-refractivity contribution in [3.05, 3.63) is 63.0 Å². The summed E-state index contributed by atoms with van der Waals surface area (Å²) in [5, 5.41) is 0.111. The van der Waals surface area contributed by atoms with E-state index in [0.29, 0.717) is 11.0 Å². The average molecular weight is 469 g/mol. The fraction of sp³-hybridized carbons (Fsp3) is 0.263. The summed E-state index contributed by atoms with van der Waals surface area (Å²) >= 11 is 12.1. The smallest absolute Gasteiger partial charge is 0.326 e. The number of carbonyl (C=O) groups is 1. The molecule has 3 aromatic rings. The van der Waals surface area contributed by atoms with Gasteiger partial charge in [-0.1, -0.05) is 41.4 Å². The number of hydrogen-bond acceptors (Lipinski definition) is 4. The Morgan fingerprint density at radius 3 is 2.27 bits per heavy atom. The molecule has 1 aromatic heterocycles. The highest BCUT2D eigenvalue weighted by molar-refractivity contribution is 7.89. The van der Waals surface area contributed by atoms with Crippen molar-refractivity contribution >= 4 is 50.2 Å². The molecule has 1 saturated heterocycles. The summed E-state index contributed by atoms with van der Waals surface area (Å²) in [6.45, 7) is 0.511. The van der Waals surface area contributed by atoms with Crippen LogP contribution in [0.1, 0.15) is 0 Å². The predicted octanol–water partition coefficient (Wildman–Crippen LogP) is 2.17. The van der Waals surface area contributed by atoms with Gasteiger partial charge in [0.15, 0.2) is 0 Å². The van der Waals surface area contributed by atoms with Gasteiger partial charge < -0.3 is 9.88 Å². The summed E-state index contributed by atoms with van der Waals surface area (Å²) in [5.41, 5.74) is 0.937. The lowest BCUT2D eigenvalue weighted by molar-refractivity contribution is -0.133. The van der Waals surface area contributed by atoms with E-state index in [1.54, 1.807) is 35.2 Å². The summed E-state index contributed by atoms with van der Waals surface area (Å²) in [7, 11) is -3.89. The Balaban J connectivity index is 1.47. The lowest BCUT2D eigenvalue weighted by atomic mass is 10.3. The van der Waals surface area contributed by atoms with Crippen LogP contribution < -0.4 is 5.69 Å². The summed E-state index contributed by atoms with van der Waals surface area (Å²) in [5.74, 6) is -0.255. The van der Waals surface area contributed by atoms with E-state index in [1.807, 2.05) is 0 Å². The Morgan fingerprint density at radius 1 is 0.967 bits per heavy atom. The molecule has 2 aromatic carbocycles. The Morgan fingerprint density at radius 2 is 1.60 bits per heavy atom. The summed E-state index contributed by atoms with van der Waals surface area (Å²) in [6, 6.07) is 11.6. The maximum atomic E-state index is 13.0. The topological polar surface area (TPSA) is 95.5 Å². The fourth-order valence-corrected chi connectivity index (χ4v) is 6.05. The molecule has 0 atom stereocenters. The van der Waals surface area contributed by atoms with Crippen LogP contribution in [-0.4, -0.2) is 59.3 Å². The molecule has 0 spiro atoms. The Bertz CT molecular complexity index is 1260. The van der Waals surface area contributed by atoms with Gasteiger partial charge in [0.2, 0.25) is 15.9 Å². The number of fused-ring (bicyclic) bond motifs is 1. The van der Waals surface area contributed by atoms with Crippen LogP contribution in [0.3, 0.4) is 0 Å². The van der Waals surface area contributed by atoms with Crippen LogP contribution in [-0.2, 0) is 21.4 Å². The molecule has 30 heavy (non-hydrogen) atoms. The molecular weight excluding hydrogens is 451 g/mol. The molecule has 0 radical (unpaired) electrons. The number of aromatic nitrogens is 2. The van der Waals surface area contributed by atoms with Gasteiger partial charge in [-0.15, -0.1) is 0 Å². The van der Waals surface area contributed by atoms with Gasteiger partial charge >= 0.3 is 5.69 Å². The van der Waals surface area contributed by atoms with Crippen LogP contribution in [0.4, 0.5) is 0 Å².